The summed E-state index contributed by atoms with van der Waals surface area (Å²) in [5.41, 5.74) is 1.66. The van der Waals surface area contributed by atoms with Gasteiger partial charge in [-0.25, -0.2) is 4.79 Å². The first-order valence-corrected chi connectivity index (χ1v) is 6.80. The van der Waals surface area contributed by atoms with Gasteiger partial charge in [0.1, 0.15) is 0 Å². The van der Waals surface area contributed by atoms with Crippen molar-refractivity contribution in [3.8, 4) is 0 Å². The molecule has 0 spiro atoms. The van der Waals surface area contributed by atoms with Crippen LogP contribution >= 0.6 is 0 Å². The maximum atomic E-state index is 11.7. The Morgan fingerprint density at radius 2 is 1.35 bits per heavy atom. The Labute approximate surface area is 118 Å². The van der Waals surface area contributed by atoms with E-state index >= 15 is 0 Å². The average Bonchev–Trinajstić information content (AvgIpc) is 2.41. The first-order valence-electron chi connectivity index (χ1n) is 5.72. The SMILES string of the molecule is O=C(Nc1ccccc1)Nc1ccc(NS(=O)[O-])cc1. The molecule has 104 valence electrons. The van der Waals surface area contributed by atoms with Crippen molar-refractivity contribution in [1.29, 1.82) is 0 Å². The molecule has 2 aromatic carbocycles. The third-order valence-corrected chi connectivity index (χ3v) is 2.78. The van der Waals surface area contributed by atoms with Crippen molar-refractivity contribution in [2.45, 2.75) is 0 Å². The van der Waals surface area contributed by atoms with E-state index in [-0.39, 0.29) is 6.03 Å². The Bertz CT molecular complexity index is 602. The molecule has 0 saturated carbocycles. The molecule has 2 aromatic rings. The van der Waals surface area contributed by atoms with E-state index in [0.717, 1.165) is 0 Å². The molecular formula is C13H12N3O3S-. The summed E-state index contributed by atoms with van der Waals surface area (Å²) in [5, 5.41) is 5.31. The minimum atomic E-state index is -2.36. The van der Waals surface area contributed by atoms with Crippen molar-refractivity contribution in [3.05, 3.63) is 54.6 Å². The van der Waals surface area contributed by atoms with E-state index in [1.807, 2.05) is 18.2 Å². The number of amides is 2. The topological polar surface area (TPSA) is 93.3 Å². The fourth-order valence-corrected chi connectivity index (χ4v) is 1.86. The van der Waals surface area contributed by atoms with Gasteiger partial charge < -0.3 is 19.9 Å². The summed E-state index contributed by atoms with van der Waals surface area (Å²) in [5.74, 6) is 0. The Morgan fingerprint density at radius 1 is 0.850 bits per heavy atom. The lowest BCUT2D eigenvalue weighted by Gasteiger charge is -2.10. The molecule has 20 heavy (non-hydrogen) atoms. The molecule has 1 atom stereocenters. The van der Waals surface area contributed by atoms with E-state index < -0.39 is 11.3 Å². The number of rotatable bonds is 4. The number of hydrogen-bond acceptors (Lipinski definition) is 3. The summed E-state index contributed by atoms with van der Waals surface area (Å²) in [7, 11) is 0. The second-order valence-corrected chi connectivity index (χ2v) is 4.53. The quantitative estimate of drug-likeness (QED) is 0.755. The molecule has 2 amide bonds. The summed E-state index contributed by atoms with van der Waals surface area (Å²) in [6, 6.07) is 15.0. The molecule has 3 N–H and O–H groups in total. The molecule has 0 heterocycles. The van der Waals surface area contributed by atoms with Crippen LogP contribution in [0.4, 0.5) is 21.9 Å². The smallest absolute Gasteiger partial charge is 0.323 e. The molecule has 1 unspecified atom stereocenters. The van der Waals surface area contributed by atoms with E-state index in [0.29, 0.717) is 17.1 Å². The highest BCUT2D eigenvalue weighted by atomic mass is 32.2. The van der Waals surface area contributed by atoms with Gasteiger partial charge in [0, 0.05) is 28.3 Å². The number of para-hydroxylation sites is 1. The van der Waals surface area contributed by atoms with Gasteiger partial charge in [0.2, 0.25) is 0 Å². The van der Waals surface area contributed by atoms with Crippen LogP contribution in [0.25, 0.3) is 0 Å². The number of urea groups is 1. The number of carbonyl (C=O) groups is 1. The summed E-state index contributed by atoms with van der Waals surface area (Å²) in [6.07, 6.45) is 0. The van der Waals surface area contributed by atoms with Crippen molar-refractivity contribution in [3.63, 3.8) is 0 Å². The molecule has 0 aliphatic carbocycles. The van der Waals surface area contributed by atoms with Gasteiger partial charge in [-0.2, -0.15) is 0 Å². The molecule has 0 bridgehead atoms. The molecule has 0 saturated heterocycles. The van der Waals surface area contributed by atoms with E-state index in [1.165, 1.54) is 0 Å². The van der Waals surface area contributed by atoms with E-state index in [9.17, 15) is 13.6 Å². The Hall–Kier alpha value is -2.38. The molecule has 6 nitrogen and oxygen atoms in total. The van der Waals surface area contributed by atoms with Crippen LogP contribution in [-0.4, -0.2) is 14.8 Å². The molecule has 0 aromatic heterocycles. The Balaban J connectivity index is 1.93. The number of nitrogens with one attached hydrogen (secondary N) is 3. The van der Waals surface area contributed by atoms with Crippen LogP contribution < -0.4 is 15.4 Å². The fourth-order valence-electron chi connectivity index (χ4n) is 1.53. The van der Waals surface area contributed by atoms with Crippen LogP contribution in [0.3, 0.4) is 0 Å². The largest absolute Gasteiger partial charge is 0.755 e. The summed E-state index contributed by atoms with van der Waals surface area (Å²) < 4.78 is 23.1. The van der Waals surface area contributed by atoms with Crippen molar-refractivity contribution in [2.75, 3.05) is 15.4 Å². The van der Waals surface area contributed by atoms with Crippen LogP contribution in [0, 0.1) is 0 Å². The second-order valence-electron chi connectivity index (χ2n) is 3.86. The van der Waals surface area contributed by atoms with Gasteiger partial charge in [0.25, 0.3) is 0 Å². The minimum Gasteiger partial charge on any atom is -0.755 e. The van der Waals surface area contributed by atoms with Gasteiger partial charge in [-0.3, -0.25) is 4.21 Å². The molecule has 0 aliphatic rings. The highest BCUT2D eigenvalue weighted by molar-refractivity contribution is 7.80. The van der Waals surface area contributed by atoms with Crippen LogP contribution in [0.5, 0.6) is 0 Å². The Morgan fingerprint density at radius 3 is 1.90 bits per heavy atom. The lowest BCUT2D eigenvalue weighted by molar-refractivity contribution is 0.262. The zero-order valence-electron chi connectivity index (χ0n) is 10.3. The van der Waals surface area contributed by atoms with E-state index in [4.69, 9.17) is 0 Å². The van der Waals surface area contributed by atoms with Gasteiger partial charge >= 0.3 is 6.03 Å². The number of hydrogen-bond donors (Lipinski definition) is 3. The third-order valence-electron chi connectivity index (χ3n) is 2.38. The molecule has 7 heteroatoms. The highest BCUT2D eigenvalue weighted by Gasteiger charge is 2.02. The van der Waals surface area contributed by atoms with Crippen molar-refractivity contribution < 1.29 is 13.6 Å². The zero-order valence-corrected chi connectivity index (χ0v) is 11.1. The minimum absolute atomic E-state index is 0.371. The average molecular weight is 290 g/mol. The van der Waals surface area contributed by atoms with Gasteiger partial charge in [0.05, 0.1) is 0 Å². The van der Waals surface area contributed by atoms with Crippen molar-refractivity contribution in [2.24, 2.45) is 0 Å². The molecule has 2 rings (SSSR count). The summed E-state index contributed by atoms with van der Waals surface area (Å²) in [6.45, 7) is 0. The molecular weight excluding hydrogens is 278 g/mol. The van der Waals surface area contributed by atoms with Crippen LogP contribution in [0.2, 0.25) is 0 Å². The lowest BCUT2D eigenvalue weighted by Crippen LogP contribution is -2.19. The summed E-state index contributed by atoms with van der Waals surface area (Å²) >= 11 is -2.36. The van der Waals surface area contributed by atoms with Gasteiger partial charge in [-0.1, -0.05) is 18.2 Å². The van der Waals surface area contributed by atoms with E-state index in [2.05, 4.69) is 15.4 Å². The molecule has 0 radical (unpaired) electrons. The normalized spacial score (nSPS) is 11.4. The lowest BCUT2D eigenvalue weighted by atomic mass is 10.3. The Kier molecular flexibility index (Phi) is 4.70. The molecule has 0 aliphatic heterocycles. The maximum Gasteiger partial charge on any atom is 0.323 e. The van der Waals surface area contributed by atoms with Gasteiger partial charge in [-0.15, -0.1) is 0 Å². The first-order chi connectivity index (χ1) is 9.63. The predicted molar refractivity (Wildman–Crippen MR) is 78.1 cm³/mol. The maximum absolute atomic E-state index is 11.7. The number of carbonyl (C=O) groups excluding carboxylic acids is 1. The number of benzene rings is 2. The number of anilines is 3. The zero-order chi connectivity index (χ0) is 14.4. The molecule has 0 fully saturated rings. The van der Waals surface area contributed by atoms with Crippen molar-refractivity contribution >= 4 is 34.4 Å². The van der Waals surface area contributed by atoms with Crippen LogP contribution in [0.15, 0.2) is 54.6 Å². The standard InChI is InChI=1S/C13H13N3O3S/c17-13(14-10-4-2-1-3-5-10)15-11-6-8-12(9-7-11)16-20(18)19/h1-9,16H,(H,18,19)(H2,14,15,17)/p-1. The fraction of sp³-hybridized carbons (Fsp3) is 0. The van der Waals surface area contributed by atoms with Crippen LogP contribution in [0.1, 0.15) is 0 Å². The highest BCUT2D eigenvalue weighted by Crippen LogP contribution is 2.14. The van der Waals surface area contributed by atoms with Crippen LogP contribution in [-0.2, 0) is 11.3 Å². The predicted octanol–water partition coefficient (Wildman–Crippen LogP) is 2.54. The first kappa shape index (κ1) is 14.0. The second kappa shape index (κ2) is 6.69. The van der Waals surface area contributed by atoms with Crippen molar-refractivity contribution in [1.82, 2.24) is 0 Å². The third kappa shape index (κ3) is 4.38. The van der Waals surface area contributed by atoms with Gasteiger partial charge in [-0.05, 0) is 36.4 Å². The monoisotopic (exact) mass is 290 g/mol. The summed E-state index contributed by atoms with van der Waals surface area (Å²) in [4.78, 5) is 11.7. The van der Waals surface area contributed by atoms with E-state index in [1.54, 1.807) is 36.4 Å². The van der Waals surface area contributed by atoms with Gasteiger partial charge in [0.15, 0.2) is 0 Å².